The Kier molecular flexibility index (Phi) is 5.44. The van der Waals surface area contributed by atoms with Crippen molar-refractivity contribution in [3.63, 3.8) is 0 Å². The number of benzene rings is 1. The molecule has 0 amide bonds. The first kappa shape index (κ1) is 14.0. The molecular weight excluding hydrogens is 282 g/mol. The summed E-state index contributed by atoms with van der Waals surface area (Å²) < 4.78 is 1.08. The summed E-state index contributed by atoms with van der Waals surface area (Å²) >= 11 is 3.45. The van der Waals surface area contributed by atoms with E-state index in [2.05, 4.69) is 38.1 Å². The van der Waals surface area contributed by atoms with Crippen LogP contribution in [0.1, 0.15) is 12.5 Å². The Morgan fingerprint density at radius 2 is 2.29 bits per heavy atom. The van der Waals surface area contributed by atoms with Gasteiger partial charge in [-0.15, -0.1) is 0 Å². The van der Waals surface area contributed by atoms with Crippen molar-refractivity contribution in [3.8, 4) is 0 Å². The Labute approximate surface area is 110 Å². The molecule has 0 aliphatic carbocycles. The van der Waals surface area contributed by atoms with E-state index in [1.165, 1.54) is 5.56 Å². The van der Waals surface area contributed by atoms with E-state index in [0.29, 0.717) is 0 Å². The normalized spacial score (nSPS) is 14.0. The lowest BCUT2D eigenvalue weighted by Gasteiger charge is -2.20. The van der Waals surface area contributed by atoms with Crippen molar-refractivity contribution < 1.29 is 5.21 Å². The molecule has 0 heterocycles. The summed E-state index contributed by atoms with van der Waals surface area (Å²) in [5, 5.41) is 11.6. The zero-order valence-electron chi connectivity index (χ0n) is 10.1. The molecule has 0 saturated carbocycles. The van der Waals surface area contributed by atoms with Crippen LogP contribution in [0.25, 0.3) is 0 Å². The van der Waals surface area contributed by atoms with Gasteiger partial charge in [-0.3, -0.25) is 0 Å². The minimum atomic E-state index is 0.0390. The van der Waals surface area contributed by atoms with E-state index in [4.69, 9.17) is 10.9 Å². The molecule has 0 aromatic heterocycles. The van der Waals surface area contributed by atoms with Crippen LogP contribution in [0.2, 0.25) is 0 Å². The SMILES string of the molecule is CC(CN(C)Cc1cccc(Br)c1)/C(N)=N/O. The summed E-state index contributed by atoms with van der Waals surface area (Å²) in [7, 11) is 2.02. The summed E-state index contributed by atoms with van der Waals surface area (Å²) in [5.74, 6) is 0.309. The van der Waals surface area contributed by atoms with Crippen LogP contribution in [-0.2, 0) is 6.54 Å². The molecule has 0 radical (unpaired) electrons. The van der Waals surface area contributed by atoms with Crippen molar-refractivity contribution in [1.29, 1.82) is 0 Å². The Morgan fingerprint density at radius 3 is 2.88 bits per heavy atom. The minimum absolute atomic E-state index is 0.0390. The summed E-state index contributed by atoms with van der Waals surface area (Å²) in [6.45, 7) is 3.53. The highest BCUT2D eigenvalue weighted by molar-refractivity contribution is 9.10. The Bertz CT molecular complexity index is 395. The van der Waals surface area contributed by atoms with Crippen molar-refractivity contribution in [2.24, 2.45) is 16.8 Å². The maximum atomic E-state index is 8.58. The second-order valence-electron chi connectivity index (χ2n) is 4.25. The van der Waals surface area contributed by atoms with E-state index < -0.39 is 0 Å². The van der Waals surface area contributed by atoms with Crippen molar-refractivity contribution in [1.82, 2.24) is 4.90 Å². The third-order valence-corrected chi connectivity index (χ3v) is 3.04. The average molecular weight is 300 g/mol. The van der Waals surface area contributed by atoms with Crippen LogP contribution < -0.4 is 5.73 Å². The molecule has 1 rings (SSSR count). The summed E-state index contributed by atoms with van der Waals surface area (Å²) in [6.07, 6.45) is 0. The van der Waals surface area contributed by atoms with Gasteiger partial charge in [0, 0.05) is 23.5 Å². The maximum Gasteiger partial charge on any atom is 0.143 e. The van der Waals surface area contributed by atoms with Gasteiger partial charge in [0.1, 0.15) is 5.84 Å². The smallest absolute Gasteiger partial charge is 0.143 e. The second-order valence-corrected chi connectivity index (χ2v) is 5.17. The van der Waals surface area contributed by atoms with Crippen molar-refractivity contribution in [2.75, 3.05) is 13.6 Å². The van der Waals surface area contributed by atoms with E-state index in [1.807, 2.05) is 26.1 Å². The van der Waals surface area contributed by atoms with Crippen LogP contribution in [0.15, 0.2) is 33.9 Å². The lowest BCUT2D eigenvalue weighted by molar-refractivity contribution is 0.290. The molecule has 5 heteroatoms. The van der Waals surface area contributed by atoms with Gasteiger partial charge in [-0.05, 0) is 24.7 Å². The van der Waals surface area contributed by atoms with Crippen molar-refractivity contribution >= 4 is 21.8 Å². The molecule has 0 bridgehead atoms. The lowest BCUT2D eigenvalue weighted by Crippen LogP contribution is -2.32. The molecule has 0 aliphatic rings. The first-order valence-electron chi connectivity index (χ1n) is 5.43. The van der Waals surface area contributed by atoms with E-state index in [1.54, 1.807) is 0 Å². The third-order valence-electron chi connectivity index (χ3n) is 2.55. The number of amidine groups is 1. The highest BCUT2D eigenvalue weighted by atomic mass is 79.9. The number of hydrogen-bond donors (Lipinski definition) is 2. The highest BCUT2D eigenvalue weighted by Gasteiger charge is 2.11. The zero-order valence-corrected chi connectivity index (χ0v) is 11.7. The van der Waals surface area contributed by atoms with Gasteiger partial charge in [0.2, 0.25) is 0 Å². The van der Waals surface area contributed by atoms with Gasteiger partial charge in [0.05, 0.1) is 0 Å². The molecule has 3 N–H and O–H groups in total. The molecular formula is C12H18BrN3O. The molecule has 4 nitrogen and oxygen atoms in total. The Hall–Kier alpha value is -1.07. The van der Waals surface area contributed by atoms with Crippen LogP contribution in [0, 0.1) is 5.92 Å². The van der Waals surface area contributed by atoms with Crippen LogP contribution in [0.5, 0.6) is 0 Å². The molecule has 1 aromatic carbocycles. The van der Waals surface area contributed by atoms with Crippen LogP contribution in [-0.4, -0.2) is 29.5 Å². The molecule has 94 valence electrons. The first-order valence-corrected chi connectivity index (χ1v) is 6.22. The van der Waals surface area contributed by atoms with E-state index in [9.17, 15) is 0 Å². The minimum Gasteiger partial charge on any atom is -0.409 e. The first-order chi connectivity index (χ1) is 8.02. The number of nitrogens with two attached hydrogens (primary N) is 1. The molecule has 1 atom stereocenters. The number of halogens is 1. The lowest BCUT2D eigenvalue weighted by atomic mass is 10.1. The summed E-state index contributed by atoms with van der Waals surface area (Å²) in [5.41, 5.74) is 6.78. The predicted octanol–water partition coefficient (Wildman–Crippen LogP) is 2.26. The van der Waals surface area contributed by atoms with Gasteiger partial charge in [-0.1, -0.05) is 40.1 Å². The van der Waals surface area contributed by atoms with Crippen molar-refractivity contribution in [3.05, 3.63) is 34.3 Å². The highest BCUT2D eigenvalue weighted by Crippen LogP contribution is 2.13. The predicted molar refractivity (Wildman–Crippen MR) is 73.0 cm³/mol. The topological polar surface area (TPSA) is 61.8 Å². The number of nitrogens with zero attached hydrogens (tertiary/aromatic N) is 2. The van der Waals surface area contributed by atoms with Gasteiger partial charge < -0.3 is 15.8 Å². The maximum absolute atomic E-state index is 8.58. The standard InChI is InChI=1S/C12H18BrN3O/c1-9(12(14)15-17)7-16(2)8-10-4-3-5-11(13)6-10/h3-6,9,17H,7-8H2,1-2H3,(H2,14,15). The summed E-state index contributed by atoms with van der Waals surface area (Å²) in [4.78, 5) is 2.14. The summed E-state index contributed by atoms with van der Waals surface area (Å²) in [6, 6.07) is 8.18. The van der Waals surface area contributed by atoms with E-state index in [-0.39, 0.29) is 11.8 Å². The fraction of sp³-hybridized carbons (Fsp3) is 0.417. The van der Waals surface area contributed by atoms with E-state index >= 15 is 0 Å². The molecule has 0 saturated heterocycles. The van der Waals surface area contributed by atoms with Crippen LogP contribution in [0.3, 0.4) is 0 Å². The quantitative estimate of drug-likeness (QED) is 0.379. The fourth-order valence-corrected chi connectivity index (χ4v) is 2.12. The molecule has 1 unspecified atom stereocenters. The number of hydrogen-bond acceptors (Lipinski definition) is 3. The Morgan fingerprint density at radius 1 is 1.59 bits per heavy atom. The number of rotatable bonds is 5. The molecule has 1 aromatic rings. The third kappa shape index (κ3) is 4.75. The second kappa shape index (κ2) is 6.61. The fourth-order valence-electron chi connectivity index (χ4n) is 1.67. The molecule has 0 fully saturated rings. The van der Waals surface area contributed by atoms with Gasteiger partial charge >= 0.3 is 0 Å². The van der Waals surface area contributed by atoms with Crippen LogP contribution in [0.4, 0.5) is 0 Å². The van der Waals surface area contributed by atoms with E-state index in [0.717, 1.165) is 17.6 Å². The number of oxime groups is 1. The Balaban J connectivity index is 2.52. The van der Waals surface area contributed by atoms with Gasteiger partial charge in [-0.25, -0.2) is 0 Å². The molecule has 0 spiro atoms. The molecule has 0 aliphatic heterocycles. The monoisotopic (exact) mass is 299 g/mol. The average Bonchev–Trinajstić information content (AvgIpc) is 2.27. The van der Waals surface area contributed by atoms with Gasteiger partial charge in [0.15, 0.2) is 0 Å². The zero-order chi connectivity index (χ0) is 12.8. The van der Waals surface area contributed by atoms with Crippen molar-refractivity contribution in [2.45, 2.75) is 13.5 Å². The van der Waals surface area contributed by atoms with Gasteiger partial charge in [0.25, 0.3) is 0 Å². The molecule has 17 heavy (non-hydrogen) atoms. The van der Waals surface area contributed by atoms with Gasteiger partial charge in [-0.2, -0.15) is 0 Å². The van der Waals surface area contributed by atoms with Crippen LogP contribution >= 0.6 is 15.9 Å². The largest absolute Gasteiger partial charge is 0.409 e.